The minimum Gasteiger partial charge on any atom is -0.309 e. The van der Waals surface area contributed by atoms with Gasteiger partial charge < -0.3 is 4.57 Å². The minimum absolute atomic E-state index is 0.939. The number of fused-ring (bicyclic) bond motifs is 5. The van der Waals surface area contributed by atoms with Crippen molar-refractivity contribution in [3.8, 4) is 50.3 Å². The van der Waals surface area contributed by atoms with E-state index in [1.165, 1.54) is 54.8 Å². The number of rotatable bonds is 5. The first-order valence-corrected chi connectivity index (χ1v) is 17.3. The summed E-state index contributed by atoms with van der Waals surface area (Å²) in [5.74, 6) is 0. The molecule has 0 radical (unpaired) electrons. The maximum absolute atomic E-state index is 4.77. The van der Waals surface area contributed by atoms with E-state index >= 15 is 0 Å². The zero-order chi connectivity index (χ0) is 33.7. The summed E-state index contributed by atoms with van der Waals surface area (Å²) in [6.07, 6.45) is 1.66. The Morgan fingerprint density at radius 1 is 0.333 bits per heavy atom. The molecule has 10 aromatic rings. The molecule has 3 nitrogen and oxygen atoms in total. The van der Waals surface area contributed by atoms with Crippen molar-refractivity contribution in [1.29, 1.82) is 0 Å². The molecule has 0 bridgehead atoms. The molecule has 238 valence electrons. The van der Waals surface area contributed by atoms with Gasteiger partial charge in [-0.15, -0.1) is 0 Å². The molecule has 51 heavy (non-hydrogen) atoms. The average Bonchev–Trinajstić information content (AvgIpc) is 3.55. The van der Waals surface area contributed by atoms with Gasteiger partial charge in [-0.05, 0) is 105 Å². The Bertz CT molecular complexity index is 2840. The van der Waals surface area contributed by atoms with E-state index in [4.69, 9.17) is 4.98 Å². The molecule has 0 aliphatic rings. The van der Waals surface area contributed by atoms with Gasteiger partial charge in [-0.25, -0.2) is 9.97 Å². The SMILES string of the molecule is c1ccc(-c2cc(-c3ccc4cc(-c5ccc(-n6c7ccccc7c7ccccc76)cc5)ccc4c3)cc(-c3ncnc4ccccc34)c2)cc1. The maximum Gasteiger partial charge on any atom is 0.116 e. The molecule has 10 rings (SSSR count). The Hall–Kier alpha value is -6.84. The van der Waals surface area contributed by atoms with Crippen LogP contribution in [0.3, 0.4) is 0 Å². The van der Waals surface area contributed by atoms with Crippen LogP contribution in [0.1, 0.15) is 0 Å². The highest BCUT2D eigenvalue weighted by Gasteiger charge is 2.14. The normalized spacial score (nSPS) is 11.5. The average molecular weight is 650 g/mol. The summed E-state index contributed by atoms with van der Waals surface area (Å²) in [6, 6.07) is 65.4. The lowest BCUT2D eigenvalue weighted by Gasteiger charge is -2.13. The molecule has 0 aliphatic heterocycles. The van der Waals surface area contributed by atoms with E-state index in [-0.39, 0.29) is 0 Å². The van der Waals surface area contributed by atoms with Gasteiger partial charge >= 0.3 is 0 Å². The second-order valence-electron chi connectivity index (χ2n) is 13.1. The van der Waals surface area contributed by atoms with E-state index in [0.29, 0.717) is 0 Å². The first kappa shape index (κ1) is 29.1. The monoisotopic (exact) mass is 649 g/mol. The third-order valence-corrected chi connectivity index (χ3v) is 10.1. The summed E-state index contributed by atoms with van der Waals surface area (Å²) in [5, 5.41) is 6.01. The van der Waals surface area contributed by atoms with Crippen molar-refractivity contribution >= 4 is 43.5 Å². The number of hydrogen-bond donors (Lipinski definition) is 0. The summed E-state index contributed by atoms with van der Waals surface area (Å²) in [6.45, 7) is 0. The van der Waals surface area contributed by atoms with Crippen LogP contribution in [-0.4, -0.2) is 14.5 Å². The highest BCUT2D eigenvalue weighted by Crippen LogP contribution is 2.37. The maximum atomic E-state index is 4.77. The number of para-hydroxylation sites is 3. The molecule has 0 amide bonds. The molecule has 0 saturated carbocycles. The largest absolute Gasteiger partial charge is 0.309 e. The van der Waals surface area contributed by atoms with E-state index in [2.05, 4.69) is 179 Å². The van der Waals surface area contributed by atoms with Crippen LogP contribution >= 0.6 is 0 Å². The van der Waals surface area contributed by atoms with E-state index in [9.17, 15) is 0 Å². The van der Waals surface area contributed by atoms with Gasteiger partial charge in [-0.1, -0.05) is 121 Å². The smallest absolute Gasteiger partial charge is 0.116 e. The molecule has 0 N–H and O–H groups in total. The van der Waals surface area contributed by atoms with Crippen LogP contribution in [0.2, 0.25) is 0 Å². The summed E-state index contributed by atoms with van der Waals surface area (Å²) in [5.41, 5.74) is 13.6. The van der Waals surface area contributed by atoms with E-state index in [1.807, 2.05) is 12.1 Å². The van der Waals surface area contributed by atoms with Gasteiger partial charge in [0.05, 0.1) is 22.2 Å². The molecule has 0 fully saturated rings. The predicted octanol–water partition coefficient (Wildman–Crippen LogP) is 12.5. The van der Waals surface area contributed by atoms with Crippen molar-refractivity contribution in [1.82, 2.24) is 14.5 Å². The molecule has 2 heterocycles. The second-order valence-corrected chi connectivity index (χ2v) is 13.1. The fourth-order valence-electron chi connectivity index (χ4n) is 7.57. The predicted molar refractivity (Wildman–Crippen MR) is 213 cm³/mol. The Morgan fingerprint density at radius 2 is 0.843 bits per heavy atom. The zero-order valence-electron chi connectivity index (χ0n) is 27.7. The summed E-state index contributed by atoms with van der Waals surface area (Å²) >= 11 is 0. The number of benzene rings is 8. The summed E-state index contributed by atoms with van der Waals surface area (Å²) in [7, 11) is 0. The first-order chi connectivity index (χ1) is 25.3. The Labute approximate surface area is 295 Å². The number of hydrogen-bond acceptors (Lipinski definition) is 2. The van der Waals surface area contributed by atoms with Crippen molar-refractivity contribution in [3.63, 3.8) is 0 Å². The molecule has 0 atom stereocenters. The molecule has 2 aromatic heterocycles. The van der Waals surface area contributed by atoms with Crippen molar-refractivity contribution in [2.45, 2.75) is 0 Å². The van der Waals surface area contributed by atoms with Crippen LogP contribution in [0.25, 0.3) is 93.8 Å². The van der Waals surface area contributed by atoms with Crippen LogP contribution in [-0.2, 0) is 0 Å². The van der Waals surface area contributed by atoms with Crippen LogP contribution in [0.4, 0.5) is 0 Å². The first-order valence-electron chi connectivity index (χ1n) is 17.3. The van der Waals surface area contributed by atoms with Gasteiger partial charge in [0, 0.05) is 27.4 Å². The van der Waals surface area contributed by atoms with Gasteiger partial charge in [0.25, 0.3) is 0 Å². The molecule has 3 heteroatoms. The van der Waals surface area contributed by atoms with Crippen LogP contribution in [0.5, 0.6) is 0 Å². The van der Waals surface area contributed by atoms with E-state index in [1.54, 1.807) is 6.33 Å². The lowest BCUT2D eigenvalue weighted by molar-refractivity contribution is 1.18. The highest BCUT2D eigenvalue weighted by atomic mass is 15.0. The molecule has 0 unspecified atom stereocenters. The quantitative estimate of drug-likeness (QED) is 0.186. The van der Waals surface area contributed by atoms with Gasteiger partial charge in [-0.3, -0.25) is 0 Å². The Morgan fingerprint density at radius 3 is 1.53 bits per heavy atom. The lowest BCUT2D eigenvalue weighted by atomic mass is 9.92. The number of nitrogens with zero attached hydrogens (tertiary/aromatic N) is 3. The zero-order valence-corrected chi connectivity index (χ0v) is 27.7. The lowest BCUT2D eigenvalue weighted by Crippen LogP contribution is -1.93. The van der Waals surface area contributed by atoms with Crippen LogP contribution in [0.15, 0.2) is 188 Å². The summed E-state index contributed by atoms with van der Waals surface area (Å²) in [4.78, 5) is 9.29. The van der Waals surface area contributed by atoms with E-state index in [0.717, 1.165) is 39.0 Å². The van der Waals surface area contributed by atoms with Crippen molar-refractivity contribution in [3.05, 3.63) is 188 Å². The number of aromatic nitrogens is 3. The highest BCUT2D eigenvalue weighted by molar-refractivity contribution is 6.09. The molecule has 0 aliphatic carbocycles. The van der Waals surface area contributed by atoms with Gasteiger partial charge in [0.1, 0.15) is 6.33 Å². The van der Waals surface area contributed by atoms with Gasteiger partial charge in [0.2, 0.25) is 0 Å². The van der Waals surface area contributed by atoms with Crippen LogP contribution < -0.4 is 0 Å². The fourth-order valence-corrected chi connectivity index (χ4v) is 7.57. The standard InChI is InChI=1S/C48H31N3/c1-2-10-32(11-3-1)38-28-39(30-40(29-38)48-44-14-4-7-15-45(44)49-31-50-48)37-21-20-35-26-34(18-19-36(35)27-37)33-22-24-41(25-23-33)51-46-16-8-5-12-42(46)43-13-6-9-17-47(43)51/h1-31H. The van der Waals surface area contributed by atoms with Crippen molar-refractivity contribution in [2.75, 3.05) is 0 Å². The minimum atomic E-state index is 0.939. The van der Waals surface area contributed by atoms with Crippen molar-refractivity contribution in [2.24, 2.45) is 0 Å². The third-order valence-electron chi connectivity index (χ3n) is 10.1. The Kier molecular flexibility index (Phi) is 6.81. The van der Waals surface area contributed by atoms with Crippen molar-refractivity contribution < 1.29 is 0 Å². The topological polar surface area (TPSA) is 30.7 Å². The van der Waals surface area contributed by atoms with Gasteiger partial charge in [0.15, 0.2) is 0 Å². The Balaban J connectivity index is 1.02. The fraction of sp³-hybridized carbons (Fsp3) is 0. The third kappa shape index (κ3) is 5.06. The van der Waals surface area contributed by atoms with Gasteiger partial charge in [-0.2, -0.15) is 0 Å². The summed E-state index contributed by atoms with van der Waals surface area (Å²) < 4.78 is 2.36. The van der Waals surface area contributed by atoms with E-state index < -0.39 is 0 Å². The second kappa shape index (κ2) is 11.9. The molecular weight excluding hydrogens is 619 g/mol. The van der Waals surface area contributed by atoms with Crippen LogP contribution in [0, 0.1) is 0 Å². The molecule has 8 aromatic carbocycles. The molecule has 0 saturated heterocycles. The molecule has 0 spiro atoms. The molecular formula is C48H31N3.